The standard InChI is InChI=1S/C13H16O6S/c1-13(2,12(14)15)6-8-4-5-9-10(19-7-18-9)11(8)20(3,16)17/h4-5H,6-7H2,1-3H3,(H,14,15). The van der Waals surface area contributed by atoms with Gasteiger partial charge in [0.1, 0.15) is 4.90 Å². The maximum Gasteiger partial charge on any atom is 0.309 e. The van der Waals surface area contributed by atoms with E-state index in [0.29, 0.717) is 11.3 Å². The van der Waals surface area contributed by atoms with Crippen LogP contribution in [0, 0.1) is 5.41 Å². The van der Waals surface area contributed by atoms with Crippen molar-refractivity contribution in [3.8, 4) is 11.5 Å². The number of benzene rings is 1. The molecule has 0 fully saturated rings. The van der Waals surface area contributed by atoms with Gasteiger partial charge in [-0.15, -0.1) is 0 Å². The van der Waals surface area contributed by atoms with Crippen LogP contribution in [0.15, 0.2) is 17.0 Å². The molecule has 0 radical (unpaired) electrons. The van der Waals surface area contributed by atoms with Gasteiger partial charge in [-0.25, -0.2) is 8.42 Å². The van der Waals surface area contributed by atoms with Crippen LogP contribution in [0.5, 0.6) is 11.5 Å². The van der Waals surface area contributed by atoms with E-state index in [2.05, 4.69) is 0 Å². The molecule has 1 N–H and O–H groups in total. The second-order valence-corrected chi connectivity index (χ2v) is 7.38. The van der Waals surface area contributed by atoms with E-state index in [-0.39, 0.29) is 23.9 Å². The number of fused-ring (bicyclic) bond motifs is 1. The third-order valence-electron chi connectivity index (χ3n) is 3.16. The maximum absolute atomic E-state index is 12.0. The number of hydrogen-bond donors (Lipinski definition) is 1. The van der Waals surface area contributed by atoms with E-state index in [1.54, 1.807) is 26.0 Å². The van der Waals surface area contributed by atoms with Crippen molar-refractivity contribution < 1.29 is 27.8 Å². The molecule has 110 valence electrons. The van der Waals surface area contributed by atoms with Gasteiger partial charge in [-0.1, -0.05) is 6.07 Å². The molecule has 6 nitrogen and oxygen atoms in total. The van der Waals surface area contributed by atoms with Crippen molar-refractivity contribution in [2.24, 2.45) is 5.41 Å². The number of hydrogen-bond acceptors (Lipinski definition) is 5. The molecule has 0 bridgehead atoms. The minimum absolute atomic E-state index is 0.0156. The molecule has 1 aliphatic heterocycles. The fraction of sp³-hybridized carbons (Fsp3) is 0.462. The maximum atomic E-state index is 12.0. The van der Waals surface area contributed by atoms with Crippen LogP contribution >= 0.6 is 0 Å². The highest BCUT2D eigenvalue weighted by atomic mass is 32.2. The number of aliphatic carboxylic acids is 1. The van der Waals surface area contributed by atoms with Crippen LogP contribution in [-0.2, 0) is 21.1 Å². The Labute approximate surface area is 117 Å². The highest BCUT2D eigenvalue weighted by molar-refractivity contribution is 7.90. The Hall–Kier alpha value is -1.76. The van der Waals surface area contributed by atoms with Gasteiger partial charge in [-0.2, -0.15) is 0 Å². The Morgan fingerprint density at radius 2 is 2.00 bits per heavy atom. The second kappa shape index (κ2) is 4.66. The van der Waals surface area contributed by atoms with Crippen LogP contribution in [0.1, 0.15) is 19.4 Å². The van der Waals surface area contributed by atoms with Gasteiger partial charge in [0.05, 0.1) is 5.41 Å². The summed E-state index contributed by atoms with van der Waals surface area (Å²) < 4.78 is 34.4. The molecule has 1 aromatic rings. The number of carbonyl (C=O) groups is 1. The summed E-state index contributed by atoms with van der Waals surface area (Å²) in [5.74, 6) is -0.455. The molecule has 0 unspecified atom stereocenters. The summed E-state index contributed by atoms with van der Waals surface area (Å²) >= 11 is 0. The molecule has 7 heteroatoms. The summed E-state index contributed by atoms with van der Waals surface area (Å²) in [5, 5.41) is 9.18. The van der Waals surface area contributed by atoms with Crippen molar-refractivity contribution >= 4 is 15.8 Å². The summed E-state index contributed by atoms with van der Waals surface area (Å²) in [6.07, 6.45) is 1.16. The molecule has 1 aromatic carbocycles. The van der Waals surface area contributed by atoms with Crippen molar-refractivity contribution in [1.82, 2.24) is 0 Å². The van der Waals surface area contributed by atoms with Gasteiger partial charge < -0.3 is 14.6 Å². The number of carboxylic acid groups (broad SMARTS) is 1. The Morgan fingerprint density at radius 1 is 1.35 bits per heavy atom. The minimum atomic E-state index is -3.55. The number of rotatable bonds is 4. The molecule has 0 saturated carbocycles. The van der Waals surface area contributed by atoms with Gasteiger partial charge in [0, 0.05) is 6.26 Å². The van der Waals surface area contributed by atoms with E-state index in [4.69, 9.17) is 9.47 Å². The van der Waals surface area contributed by atoms with E-state index in [1.807, 2.05) is 0 Å². The average molecular weight is 300 g/mol. The van der Waals surface area contributed by atoms with Crippen molar-refractivity contribution in [2.75, 3.05) is 13.0 Å². The Morgan fingerprint density at radius 3 is 2.55 bits per heavy atom. The number of sulfone groups is 1. The molecule has 1 heterocycles. The smallest absolute Gasteiger partial charge is 0.309 e. The van der Waals surface area contributed by atoms with Crippen LogP contribution in [0.3, 0.4) is 0 Å². The normalized spacial score (nSPS) is 14.3. The molecular formula is C13H16O6S. The van der Waals surface area contributed by atoms with Gasteiger partial charge in [-0.3, -0.25) is 4.79 Å². The highest BCUT2D eigenvalue weighted by Crippen LogP contribution is 2.41. The highest BCUT2D eigenvalue weighted by Gasteiger charge is 2.33. The largest absolute Gasteiger partial charge is 0.481 e. The first-order chi connectivity index (χ1) is 9.13. The Kier molecular flexibility index (Phi) is 3.41. The van der Waals surface area contributed by atoms with Gasteiger partial charge in [0.25, 0.3) is 0 Å². The van der Waals surface area contributed by atoms with Gasteiger partial charge in [0.2, 0.25) is 6.79 Å². The first kappa shape index (κ1) is 14.6. The summed E-state index contributed by atoms with van der Waals surface area (Å²) in [5.41, 5.74) is -0.656. The van der Waals surface area contributed by atoms with Crippen LogP contribution in [0.4, 0.5) is 0 Å². The van der Waals surface area contributed by atoms with E-state index in [0.717, 1.165) is 6.26 Å². The predicted octanol–water partition coefficient (Wildman–Crippen LogP) is 1.47. The average Bonchev–Trinajstić information content (AvgIpc) is 2.73. The number of ether oxygens (including phenoxy) is 2. The molecule has 0 atom stereocenters. The molecule has 20 heavy (non-hydrogen) atoms. The first-order valence-electron chi connectivity index (χ1n) is 5.98. The lowest BCUT2D eigenvalue weighted by Crippen LogP contribution is -2.27. The summed E-state index contributed by atoms with van der Waals surface area (Å²) in [7, 11) is -3.55. The van der Waals surface area contributed by atoms with Crippen molar-refractivity contribution in [1.29, 1.82) is 0 Å². The van der Waals surface area contributed by atoms with Gasteiger partial charge >= 0.3 is 5.97 Å². The second-order valence-electron chi connectivity index (χ2n) is 5.43. The van der Waals surface area contributed by atoms with E-state index < -0.39 is 21.2 Å². The van der Waals surface area contributed by atoms with Gasteiger partial charge in [0.15, 0.2) is 21.3 Å². The van der Waals surface area contributed by atoms with Gasteiger partial charge in [-0.05, 0) is 31.9 Å². The molecule has 2 rings (SSSR count). The van der Waals surface area contributed by atoms with Crippen LogP contribution in [0.25, 0.3) is 0 Å². The zero-order chi connectivity index (χ0) is 15.1. The monoisotopic (exact) mass is 300 g/mol. The minimum Gasteiger partial charge on any atom is -0.481 e. The summed E-state index contributed by atoms with van der Waals surface area (Å²) in [4.78, 5) is 11.2. The molecular weight excluding hydrogens is 284 g/mol. The third-order valence-corrected chi connectivity index (χ3v) is 4.35. The summed E-state index contributed by atoms with van der Waals surface area (Å²) in [6, 6.07) is 3.18. The Bertz CT molecular complexity index is 660. The molecule has 0 saturated heterocycles. The fourth-order valence-corrected chi connectivity index (χ4v) is 3.20. The molecule has 0 aromatic heterocycles. The molecule has 0 aliphatic carbocycles. The lowest BCUT2D eigenvalue weighted by Gasteiger charge is -2.21. The lowest BCUT2D eigenvalue weighted by molar-refractivity contribution is -0.146. The zero-order valence-corrected chi connectivity index (χ0v) is 12.3. The fourth-order valence-electron chi connectivity index (χ4n) is 2.09. The first-order valence-corrected chi connectivity index (χ1v) is 7.87. The topological polar surface area (TPSA) is 89.9 Å². The zero-order valence-electron chi connectivity index (χ0n) is 11.5. The van der Waals surface area contributed by atoms with E-state index in [1.165, 1.54) is 0 Å². The Balaban J connectivity index is 2.58. The third kappa shape index (κ3) is 2.58. The SMILES string of the molecule is CC(C)(Cc1ccc2c(c1S(C)(=O)=O)OCO2)C(=O)O. The van der Waals surface area contributed by atoms with Crippen LogP contribution in [-0.4, -0.2) is 32.5 Å². The quantitative estimate of drug-likeness (QED) is 0.905. The summed E-state index contributed by atoms with van der Waals surface area (Å²) in [6.45, 7) is 3.06. The van der Waals surface area contributed by atoms with Crippen molar-refractivity contribution in [3.05, 3.63) is 17.7 Å². The van der Waals surface area contributed by atoms with Crippen LogP contribution < -0.4 is 9.47 Å². The van der Waals surface area contributed by atoms with Crippen molar-refractivity contribution in [3.63, 3.8) is 0 Å². The van der Waals surface area contributed by atoms with Crippen LogP contribution in [0.2, 0.25) is 0 Å². The van der Waals surface area contributed by atoms with Crippen molar-refractivity contribution in [2.45, 2.75) is 25.2 Å². The van der Waals surface area contributed by atoms with E-state index in [9.17, 15) is 18.3 Å². The predicted molar refractivity (Wildman–Crippen MR) is 70.8 cm³/mol. The molecule has 0 spiro atoms. The van der Waals surface area contributed by atoms with E-state index >= 15 is 0 Å². The number of carboxylic acids is 1. The lowest BCUT2D eigenvalue weighted by atomic mass is 9.86. The molecule has 0 amide bonds. The molecule has 1 aliphatic rings.